The molecule has 0 atom stereocenters. The Kier molecular flexibility index (Phi) is 10.2. The Morgan fingerprint density at radius 1 is 0.957 bits per heavy atom. The number of carboxylic acid groups (broad SMARTS) is 2. The third-order valence-electron chi connectivity index (χ3n) is 7.66. The van der Waals surface area contributed by atoms with Crippen molar-refractivity contribution in [2.75, 3.05) is 21.0 Å². The quantitative estimate of drug-likeness (QED) is 0.149. The molecule has 2 heterocycles. The molecule has 11 heteroatoms. The second kappa shape index (κ2) is 14.7. The maximum absolute atomic E-state index is 12.6. The number of unbranched alkanes of at least 4 members (excludes halogenated alkanes) is 1. The molecule has 0 unspecified atom stereocenters. The van der Waals surface area contributed by atoms with Gasteiger partial charge in [0.25, 0.3) is 0 Å². The van der Waals surface area contributed by atoms with Gasteiger partial charge in [-0.2, -0.15) is 0 Å². The van der Waals surface area contributed by atoms with Crippen molar-refractivity contribution in [1.29, 1.82) is 0 Å². The molecule has 1 aliphatic heterocycles. The number of aryl methyl sites for hydroxylation is 1. The van der Waals surface area contributed by atoms with Gasteiger partial charge in [-0.25, -0.2) is 14.6 Å². The normalized spacial score (nSPS) is 12.3. The lowest BCUT2D eigenvalue weighted by molar-refractivity contribution is -0.132. The van der Waals surface area contributed by atoms with Gasteiger partial charge < -0.3 is 33.9 Å². The van der Waals surface area contributed by atoms with E-state index < -0.39 is 11.9 Å². The fourth-order valence-electron chi connectivity index (χ4n) is 5.31. The molecular formula is C35H36N2O9. The lowest BCUT2D eigenvalue weighted by atomic mass is 10.0. The van der Waals surface area contributed by atoms with E-state index in [1.807, 2.05) is 22.8 Å². The first-order valence-electron chi connectivity index (χ1n) is 14.9. The van der Waals surface area contributed by atoms with E-state index in [9.17, 15) is 19.8 Å². The van der Waals surface area contributed by atoms with Crippen molar-refractivity contribution in [3.63, 3.8) is 0 Å². The lowest BCUT2D eigenvalue weighted by Gasteiger charge is -2.17. The maximum Gasteiger partial charge on any atom is 0.336 e. The van der Waals surface area contributed by atoms with Gasteiger partial charge in [0.2, 0.25) is 6.79 Å². The molecule has 240 valence electrons. The number of hydrogen-bond acceptors (Lipinski definition) is 8. The first-order chi connectivity index (χ1) is 22.3. The minimum atomic E-state index is -1.09. The molecule has 11 nitrogen and oxygen atoms in total. The Hall–Kier alpha value is -5.29. The highest BCUT2D eigenvalue weighted by Crippen LogP contribution is 2.39. The van der Waals surface area contributed by atoms with Crippen LogP contribution in [-0.2, 0) is 35.6 Å². The molecule has 0 spiro atoms. The molecule has 4 aromatic rings. The molecule has 3 aromatic carbocycles. The SMILES string of the molecule is CCCCc1ncc(/C=C(\Cc2cc3c(cc2OC)OCO3)C(=O)O)n1-c1ccc(OC)cc1COCc1ccccc1C(=O)O. The van der Waals surface area contributed by atoms with E-state index in [0.717, 1.165) is 29.9 Å². The summed E-state index contributed by atoms with van der Waals surface area (Å²) in [6, 6.07) is 15.7. The Bertz CT molecular complexity index is 1760. The molecule has 1 aromatic heterocycles. The van der Waals surface area contributed by atoms with Crippen molar-refractivity contribution in [3.05, 3.63) is 100 Å². The van der Waals surface area contributed by atoms with Crippen LogP contribution >= 0.6 is 0 Å². The summed E-state index contributed by atoms with van der Waals surface area (Å²) in [5.41, 5.74) is 3.57. The van der Waals surface area contributed by atoms with E-state index in [1.165, 1.54) is 7.11 Å². The number of nitrogens with zero attached hydrogens (tertiary/aromatic N) is 2. The molecule has 0 amide bonds. The van der Waals surface area contributed by atoms with Crippen molar-refractivity contribution >= 4 is 18.0 Å². The van der Waals surface area contributed by atoms with Gasteiger partial charge in [-0.15, -0.1) is 0 Å². The largest absolute Gasteiger partial charge is 0.497 e. The molecule has 5 rings (SSSR count). The number of carboxylic acids is 2. The van der Waals surface area contributed by atoms with Crippen molar-refractivity contribution in [3.8, 4) is 28.7 Å². The molecule has 1 aliphatic rings. The molecule has 0 saturated heterocycles. The van der Waals surface area contributed by atoms with Crippen LogP contribution in [-0.4, -0.2) is 52.7 Å². The number of rotatable bonds is 15. The molecule has 0 aliphatic carbocycles. The lowest BCUT2D eigenvalue weighted by Crippen LogP contribution is -2.10. The number of benzene rings is 3. The van der Waals surface area contributed by atoms with Crippen LogP contribution in [0.25, 0.3) is 11.8 Å². The average molecular weight is 629 g/mol. The fourth-order valence-corrected chi connectivity index (χ4v) is 5.31. The van der Waals surface area contributed by atoms with Gasteiger partial charge in [-0.1, -0.05) is 31.5 Å². The minimum Gasteiger partial charge on any atom is -0.497 e. The van der Waals surface area contributed by atoms with Gasteiger partial charge in [0.1, 0.15) is 17.3 Å². The molecule has 0 saturated carbocycles. The second-order valence-electron chi connectivity index (χ2n) is 10.7. The second-order valence-corrected chi connectivity index (χ2v) is 10.7. The summed E-state index contributed by atoms with van der Waals surface area (Å²) in [4.78, 5) is 29.0. The van der Waals surface area contributed by atoms with Gasteiger partial charge >= 0.3 is 11.9 Å². The molecule has 0 radical (unpaired) electrons. The molecule has 0 bridgehead atoms. The summed E-state index contributed by atoms with van der Waals surface area (Å²) in [5, 5.41) is 19.9. The summed E-state index contributed by atoms with van der Waals surface area (Å²) in [6.07, 6.45) is 5.85. The van der Waals surface area contributed by atoms with E-state index in [4.69, 9.17) is 28.7 Å². The highest BCUT2D eigenvalue weighted by Gasteiger charge is 2.22. The minimum absolute atomic E-state index is 0.0617. The van der Waals surface area contributed by atoms with Crippen LogP contribution < -0.4 is 18.9 Å². The van der Waals surface area contributed by atoms with E-state index >= 15 is 0 Å². The van der Waals surface area contributed by atoms with Gasteiger partial charge in [0.15, 0.2) is 11.5 Å². The summed E-state index contributed by atoms with van der Waals surface area (Å²) in [6.45, 7) is 2.40. The number of fused-ring (bicyclic) bond motifs is 1. The Morgan fingerprint density at radius 2 is 1.72 bits per heavy atom. The van der Waals surface area contributed by atoms with Crippen molar-refractivity contribution < 1.29 is 43.5 Å². The van der Waals surface area contributed by atoms with Crippen LogP contribution in [0.2, 0.25) is 0 Å². The third kappa shape index (κ3) is 7.16. The first kappa shape index (κ1) is 32.1. The van der Waals surface area contributed by atoms with Crippen molar-refractivity contribution in [2.24, 2.45) is 0 Å². The summed E-state index contributed by atoms with van der Waals surface area (Å²) in [5.74, 6) is 0.833. The average Bonchev–Trinajstić information content (AvgIpc) is 3.69. The number of carbonyl (C=O) groups is 2. The van der Waals surface area contributed by atoms with E-state index in [0.29, 0.717) is 46.2 Å². The number of aromatic carboxylic acids is 1. The predicted molar refractivity (Wildman–Crippen MR) is 169 cm³/mol. The van der Waals surface area contributed by atoms with Crippen molar-refractivity contribution in [1.82, 2.24) is 9.55 Å². The predicted octanol–water partition coefficient (Wildman–Crippen LogP) is 6.09. The van der Waals surface area contributed by atoms with E-state index in [1.54, 1.807) is 55.8 Å². The van der Waals surface area contributed by atoms with Crippen LogP contribution in [0.15, 0.2) is 66.4 Å². The highest BCUT2D eigenvalue weighted by molar-refractivity contribution is 5.92. The van der Waals surface area contributed by atoms with Crippen LogP contribution in [0.5, 0.6) is 23.0 Å². The van der Waals surface area contributed by atoms with Crippen LogP contribution in [0.3, 0.4) is 0 Å². The van der Waals surface area contributed by atoms with Gasteiger partial charge in [-0.05, 0) is 48.4 Å². The zero-order chi connectivity index (χ0) is 32.6. The number of hydrogen-bond donors (Lipinski definition) is 2. The number of aromatic nitrogens is 2. The molecular weight excluding hydrogens is 592 g/mol. The summed E-state index contributed by atoms with van der Waals surface area (Å²) in [7, 11) is 3.10. The first-order valence-corrected chi connectivity index (χ1v) is 14.9. The molecule has 0 fully saturated rings. The van der Waals surface area contributed by atoms with Crippen LogP contribution in [0.1, 0.15) is 58.3 Å². The standard InChI is InChI=1S/C35H36N2O9/c1-4-5-10-33-36-18-26(14-24(34(38)39)13-23-16-31-32(46-21-45-31)17-30(23)43-3)37(33)29-12-11-27(42-2)15-25(29)20-44-19-22-8-6-7-9-28(22)35(40)41/h6-9,11-12,14-18H,4-5,10,13,19-21H2,1-3H3,(H,38,39)(H,40,41)/b24-14+. The zero-order valence-corrected chi connectivity index (χ0v) is 25.9. The van der Waals surface area contributed by atoms with Gasteiger partial charge in [-0.3, -0.25) is 4.57 Å². The van der Waals surface area contributed by atoms with Gasteiger partial charge in [0, 0.05) is 35.6 Å². The monoisotopic (exact) mass is 628 g/mol. The zero-order valence-electron chi connectivity index (χ0n) is 25.9. The smallest absolute Gasteiger partial charge is 0.336 e. The highest BCUT2D eigenvalue weighted by atomic mass is 16.7. The van der Waals surface area contributed by atoms with Crippen molar-refractivity contribution in [2.45, 2.75) is 45.8 Å². The molecule has 2 N–H and O–H groups in total. The Morgan fingerprint density at radius 3 is 2.43 bits per heavy atom. The Balaban J connectivity index is 1.53. The summed E-state index contributed by atoms with van der Waals surface area (Å²) < 4.78 is 30.0. The maximum atomic E-state index is 12.6. The number of ether oxygens (including phenoxy) is 5. The van der Waals surface area contributed by atoms with E-state index in [2.05, 4.69) is 6.92 Å². The Labute approximate surface area is 266 Å². The van der Waals surface area contributed by atoms with Crippen LogP contribution in [0.4, 0.5) is 0 Å². The number of imidazole rings is 1. The topological polar surface area (TPSA) is 139 Å². The number of aliphatic carboxylic acids is 1. The van der Waals surface area contributed by atoms with Gasteiger partial charge in [0.05, 0.1) is 50.6 Å². The fraction of sp³-hybridized carbons (Fsp3) is 0.286. The summed E-state index contributed by atoms with van der Waals surface area (Å²) >= 11 is 0. The third-order valence-corrected chi connectivity index (χ3v) is 7.66. The number of methoxy groups -OCH3 is 2. The molecule has 46 heavy (non-hydrogen) atoms. The van der Waals surface area contributed by atoms with Crippen LogP contribution in [0, 0.1) is 0 Å². The van der Waals surface area contributed by atoms with E-state index in [-0.39, 0.29) is 37.6 Å².